The summed E-state index contributed by atoms with van der Waals surface area (Å²) in [5, 5.41) is 20.5. The van der Waals surface area contributed by atoms with Gasteiger partial charge in [0.05, 0.1) is 11.5 Å². The summed E-state index contributed by atoms with van der Waals surface area (Å²) in [6.07, 6.45) is 5.81. The normalized spacial score (nSPS) is 19.8. The molecule has 0 unspecified atom stereocenters. The molecule has 0 aromatic heterocycles. The van der Waals surface area contributed by atoms with Crippen molar-refractivity contribution >= 4 is 5.91 Å². The van der Waals surface area contributed by atoms with Gasteiger partial charge < -0.3 is 10.8 Å². The van der Waals surface area contributed by atoms with Crippen molar-refractivity contribution in [3.8, 4) is 6.07 Å². The van der Waals surface area contributed by atoms with Gasteiger partial charge in [0.2, 0.25) is 5.91 Å². The van der Waals surface area contributed by atoms with Gasteiger partial charge in [-0.3, -0.25) is 4.79 Å². The molecule has 2 rings (SSSR count). The van der Waals surface area contributed by atoms with E-state index in [1.54, 1.807) is 31.2 Å². The fourth-order valence-corrected chi connectivity index (χ4v) is 2.45. The molecule has 1 aliphatic rings. The Morgan fingerprint density at radius 3 is 2.52 bits per heavy atom. The molecule has 3 N–H and O–H groups in total. The van der Waals surface area contributed by atoms with Crippen LogP contribution in [0.3, 0.4) is 0 Å². The monoisotopic (exact) mass is 282 g/mol. The molecular formula is C17H18N2O2. The van der Waals surface area contributed by atoms with Crippen LogP contribution in [-0.2, 0) is 10.4 Å². The predicted octanol–water partition coefficient (Wildman–Crippen LogP) is 2.17. The highest BCUT2D eigenvalue weighted by Crippen LogP contribution is 2.58. The number of nitriles is 1. The molecule has 1 amide bonds. The molecule has 0 aliphatic heterocycles. The van der Waals surface area contributed by atoms with Gasteiger partial charge in [-0.25, -0.2) is 0 Å². The van der Waals surface area contributed by atoms with Gasteiger partial charge in [0.25, 0.3) is 0 Å². The smallest absolute Gasteiger partial charge is 0.241 e. The molecule has 1 aromatic rings. The highest BCUT2D eigenvalue weighted by atomic mass is 16.3. The summed E-state index contributed by atoms with van der Waals surface area (Å²) >= 11 is 0. The van der Waals surface area contributed by atoms with Crippen LogP contribution >= 0.6 is 0 Å². The van der Waals surface area contributed by atoms with Crippen LogP contribution in [-0.4, -0.2) is 11.0 Å². The molecule has 0 spiro atoms. The van der Waals surface area contributed by atoms with E-state index >= 15 is 0 Å². The van der Waals surface area contributed by atoms with Crippen LogP contribution in [0, 0.1) is 16.7 Å². The SMILES string of the molecule is CC(=C/C(N)=O)/C=C/[C@@](O)(c1ccccc1)C1(C#N)CC1. The number of nitrogens with two attached hydrogens (primary N) is 1. The lowest BCUT2D eigenvalue weighted by Gasteiger charge is -2.30. The van der Waals surface area contributed by atoms with Crippen molar-refractivity contribution in [3.63, 3.8) is 0 Å². The van der Waals surface area contributed by atoms with Crippen molar-refractivity contribution in [2.75, 3.05) is 0 Å². The van der Waals surface area contributed by atoms with E-state index in [9.17, 15) is 15.2 Å². The number of hydrogen-bond acceptors (Lipinski definition) is 3. The highest BCUT2D eigenvalue weighted by Gasteiger charge is 2.59. The van der Waals surface area contributed by atoms with Crippen LogP contribution in [0.1, 0.15) is 25.3 Å². The molecule has 0 bridgehead atoms. The van der Waals surface area contributed by atoms with Gasteiger partial charge in [-0.15, -0.1) is 0 Å². The van der Waals surface area contributed by atoms with Crippen LogP contribution in [0.5, 0.6) is 0 Å². The fourth-order valence-electron chi connectivity index (χ4n) is 2.45. The first-order chi connectivity index (χ1) is 9.93. The number of carbonyl (C=O) groups is 1. The third-order valence-corrected chi connectivity index (χ3v) is 3.86. The summed E-state index contributed by atoms with van der Waals surface area (Å²) in [6.45, 7) is 1.72. The lowest BCUT2D eigenvalue weighted by atomic mass is 9.78. The van der Waals surface area contributed by atoms with Crippen molar-refractivity contribution in [2.24, 2.45) is 11.1 Å². The number of rotatable bonds is 5. The van der Waals surface area contributed by atoms with Crippen LogP contribution in [0.25, 0.3) is 0 Å². The number of benzene rings is 1. The lowest BCUT2D eigenvalue weighted by molar-refractivity contribution is -0.113. The Labute approximate surface area is 124 Å². The quantitative estimate of drug-likeness (QED) is 0.641. The molecule has 1 fully saturated rings. The third kappa shape index (κ3) is 2.88. The first kappa shape index (κ1) is 15.0. The summed E-state index contributed by atoms with van der Waals surface area (Å²) in [5.74, 6) is -0.540. The summed E-state index contributed by atoms with van der Waals surface area (Å²) in [7, 11) is 0. The Hall–Kier alpha value is -2.38. The fraction of sp³-hybridized carbons (Fsp3) is 0.294. The van der Waals surface area contributed by atoms with E-state index in [2.05, 4.69) is 6.07 Å². The number of amides is 1. The standard InChI is InChI=1S/C17H18N2O2/c1-13(11-15(19)20)7-8-17(21,16(12-18)9-10-16)14-5-3-2-4-6-14/h2-8,11,21H,9-10H2,1H3,(H2,19,20)/b8-7+,13-11-/t17-/m1/s1. The Morgan fingerprint density at radius 1 is 1.43 bits per heavy atom. The molecule has 0 saturated heterocycles. The molecule has 1 aliphatic carbocycles. The van der Waals surface area contributed by atoms with E-state index in [-0.39, 0.29) is 0 Å². The van der Waals surface area contributed by atoms with E-state index in [0.717, 1.165) is 0 Å². The van der Waals surface area contributed by atoms with Crippen LogP contribution in [0.2, 0.25) is 0 Å². The van der Waals surface area contributed by atoms with E-state index < -0.39 is 16.9 Å². The van der Waals surface area contributed by atoms with Gasteiger partial charge in [0, 0.05) is 6.08 Å². The van der Waals surface area contributed by atoms with Crippen molar-refractivity contribution in [1.29, 1.82) is 5.26 Å². The molecule has 1 atom stereocenters. The van der Waals surface area contributed by atoms with Crippen LogP contribution in [0.15, 0.2) is 54.1 Å². The maximum atomic E-state index is 11.1. The molecule has 0 heterocycles. The second-order valence-corrected chi connectivity index (χ2v) is 5.45. The first-order valence-corrected chi connectivity index (χ1v) is 6.80. The van der Waals surface area contributed by atoms with E-state index in [4.69, 9.17) is 5.73 Å². The second kappa shape index (κ2) is 5.55. The molecule has 4 nitrogen and oxygen atoms in total. The summed E-state index contributed by atoms with van der Waals surface area (Å²) in [6, 6.07) is 11.4. The average Bonchev–Trinajstić information content (AvgIpc) is 3.26. The molecule has 0 radical (unpaired) electrons. The predicted molar refractivity (Wildman–Crippen MR) is 79.7 cm³/mol. The minimum atomic E-state index is -1.37. The van der Waals surface area contributed by atoms with Gasteiger partial charge in [-0.1, -0.05) is 36.4 Å². The Kier molecular flexibility index (Phi) is 3.97. The second-order valence-electron chi connectivity index (χ2n) is 5.45. The molecule has 21 heavy (non-hydrogen) atoms. The number of primary amides is 1. The largest absolute Gasteiger partial charge is 0.379 e. The minimum Gasteiger partial charge on any atom is -0.379 e. The summed E-state index contributed by atoms with van der Waals surface area (Å²) in [4.78, 5) is 10.9. The third-order valence-electron chi connectivity index (χ3n) is 3.86. The topological polar surface area (TPSA) is 87.1 Å². The molecule has 1 saturated carbocycles. The van der Waals surface area contributed by atoms with E-state index in [1.165, 1.54) is 6.08 Å². The highest BCUT2D eigenvalue weighted by molar-refractivity contribution is 5.86. The zero-order valence-electron chi connectivity index (χ0n) is 11.9. The molecule has 1 aromatic carbocycles. The van der Waals surface area contributed by atoms with Crippen LogP contribution in [0.4, 0.5) is 0 Å². The Balaban J connectivity index is 2.42. The van der Waals surface area contributed by atoms with Gasteiger partial charge in [-0.2, -0.15) is 5.26 Å². The number of nitrogens with zero attached hydrogens (tertiary/aromatic N) is 1. The van der Waals surface area contributed by atoms with E-state index in [0.29, 0.717) is 24.0 Å². The Morgan fingerprint density at radius 2 is 2.05 bits per heavy atom. The van der Waals surface area contributed by atoms with Crippen molar-refractivity contribution < 1.29 is 9.90 Å². The van der Waals surface area contributed by atoms with Crippen molar-refractivity contribution in [3.05, 3.63) is 59.7 Å². The summed E-state index contributed by atoms with van der Waals surface area (Å²) < 4.78 is 0. The lowest BCUT2D eigenvalue weighted by Crippen LogP contribution is -2.34. The van der Waals surface area contributed by atoms with Gasteiger partial charge in [-0.05, 0) is 37.0 Å². The number of allylic oxidation sites excluding steroid dienone is 2. The Bertz CT molecular complexity index is 637. The maximum Gasteiger partial charge on any atom is 0.241 e. The van der Waals surface area contributed by atoms with Gasteiger partial charge in [0.1, 0.15) is 5.60 Å². The van der Waals surface area contributed by atoms with Gasteiger partial charge >= 0.3 is 0 Å². The first-order valence-electron chi connectivity index (χ1n) is 6.80. The zero-order valence-corrected chi connectivity index (χ0v) is 11.9. The molecule has 108 valence electrons. The minimum absolute atomic E-state index is 0.540. The van der Waals surface area contributed by atoms with E-state index in [1.807, 2.05) is 18.2 Å². The average molecular weight is 282 g/mol. The van der Waals surface area contributed by atoms with Crippen molar-refractivity contribution in [1.82, 2.24) is 0 Å². The number of aliphatic hydroxyl groups is 1. The molecular weight excluding hydrogens is 264 g/mol. The number of hydrogen-bond donors (Lipinski definition) is 2. The molecule has 4 heteroatoms. The van der Waals surface area contributed by atoms with Crippen LogP contribution < -0.4 is 5.73 Å². The van der Waals surface area contributed by atoms with Gasteiger partial charge in [0.15, 0.2) is 0 Å². The maximum absolute atomic E-state index is 11.1. The summed E-state index contributed by atoms with van der Waals surface area (Å²) in [5.41, 5.74) is 4.25. The zero-order chi connectivity index (χ0) is 15.5. The number of carbonyl (C=O) groups excluding carboxylic acids is 1. The van der Waals surface area contributed by atoms with Crippen molar-refractivity contribution in [2.45, 2.75) is 25.4 Å².